The summed E-state index contributed by atoms with van der Waals surface area (Å²) in [6, 6.07) is 1.44. The third-order valence-corrected chi connectivity index (χ3v) is 2.14. The van der Waals surface area contributed by atoms with Crippen molar-refractivity contribution in [3.05, 3.63) is 28.4 Å². The zero-order chi connectivity index (χ0) is 8.39. The number of aromatic amines is 1. The van der Waals surface area contributed by atoms with Crippen LogP contribution in [0.15, 0.2) is 17.1 Å². The fraction of sp³-hybridized carbons (Fsp3) is 0.500. The molecule has 1 aromatic rings. The van der Waals surface area contributed by atoms with E-state index in [0.717, 1.165) is 25.3 Å². The van der Waals surface area contributed by atoms with Crippen LogP contribution in [0.1, 0.15) is 18.2 Å². The molecule has 0 bridgehead atoms. The van der Waals surface area contributed by atoms with E-state index in [4.69, 9.17) is 0 Å². The molecule has 1 saturated heterocycles. The molecule has 2 heterocycles. The molecule has 2 rings (SSSR count). The molecule has 0 amide bonds. The Hall–Kier alpha value is -0.870. The molecule has 0 aromatic carbocycles. The normalized spacial score (nSPS) is 21.1. The van der Waals surface area contributed by atoms with Gasteiger partial charge in [0.15, 0.2) is 0 Å². The molecular formula is C8H12ClN3O. The first kappa shape index (κ1) is 10.2. The number of nitrogens with zero attached hydrogens (tertiary/aromatic N) is 1. The summed E-state index contributed by atoms with van der Waals surface area (Å²) < 4.78 is 0. The fourth-order valence-corrected chi connectivity index (χ4v) is 1.48. The van der Waals surface area contributed by atoms with E-state index in [1.165, 1.54) is 6.07 Å². The van der Waals surface area contributed by atoms with Crippen LogP contribution in [0, 0.1) is 0 Å². The van der Waals surface area contributed by atoms with Crippen LogP contribution in [-0.2, 0) is 0 Å². The lowest BCUT2D eigenvalue weighted by atomic mass is 10.1. The highest BCUT2D eigenvalue weighted by molar-refractivity contribution is 5.85. The molecule has 5 heteroatoms. The molecule has 1 unspecified atom stereocenters. The molecule has 1 aromatic heterocycles. The average Bonchev–Trinajstić information content (AvgIpc) is 2.56. The van der Waals surface area contributed by atoms with Crippen LogP contribution >= 0.6 is 12.4 Å². The van der Waals surface area contributed by atoms with Crippen LogP contribution in [-0.4, -0.2) is 23.1 Å². The van der Waals surface area contributed by atoms with E-state index < -0.39 is 0 Å². The van der Waals surface area contributed by atoms with E-state index in [1.54, 1.807) is 6.20 Å². The highest BCUT2D eigenvalue weighted by Crippen LogP contribution is 2.16. The summed E-state index contributed by atoms with van der Waals surface area (Å²) in [5, 5.41) is 3.23. The standard InChI is InChI=1S/C8H11N3O.ClH/c12-7-2-4-10-8(11-7)6-1-3-9-5-6;/h2,4,6,9H,1,3,5H2,(H,10,11,12);1H. The van der Waals surface area contributed by atoms with Crippen LogP contribution in [0.2, 0.25) is 0 Å². The number of hydrogen-bond acceptors (Lipinski definition) is 3. The molecule has 1 aliphatic rings. The number of rotatable bonds is 1. The van der Waals surface area contributed by atoms with Gasteiger partial charge in [-0.05, 0) is 13.0 Å². The molecule has 2 N–H and O–H groups in total. The average molecular weight is 202 g/mol. The van der Waals surface area contributed by atoms with Gasteiger partial charge >= 0.3 is 0 Å². The first-order chi connectivity index (χ1) is 5.86. The molecule has 0 radical (unpaired) electrons. The van der Waals surface area contributed by atoms with E-state index in [-0.39, 0.29) is 18.0 Å². The Labute approximate surface area is 82.2 Å². The van der Waals surface area contributed by atoms with Crippen LogP contribution < -0.4 is 10.9 Å². The topological polar surface area (TPSA) is 57.8 Å². The second-order valence-electron chi connectivity index (χ2n) is 3.01. The molecule has 13 heavy (non-hydrogen) atoms. The Morgan fingerprint density at radius 3 is 3.00 bits per heavy atom. The number of hydrogen-bond donors (Lipinski definition) is 2. The lowest BCUT2D eigenvalue weighted by molar-refractivity contribution is 0.697. The van der Waals surface area contributed by atoms with Crippen molar-refractivity contribution in [2.24, 2.45) is 0 Å². The minimum Gasteiger partial charge on any atom is -0.316 e. The number of H-pyrrole nitrogens is 1. The van der Waals surface area contributed by atoms with Gasteiger partial charge in [0.1, 0.15) is 5.82 Å². The van der Waals surface area contributed by atoms with Gasteiger partial charge in [-0.1, -0.05) is 0 Å². The van der Waals surface area contributed by atoms with Gasteiger partial charge in [-0.15, -0.1) is 12.4 Å². The Balaban J connectivity index is 0.000000845. The summed E-state index contributed by atoms with van der Waals surface area (Å²) in [5.74, 6) is 1.20. The van der Waals surface area contributed by atoms with Gasteiger partial charge in [0, 0.05) is 24.7 Å². The summed E-state index contributed by atoms with van der Waals surface area (Å²) >= 11 is 0. The number of nitrogens with one attached hydrogen (secondary N) is 2. The Bertz CT molecular complexity index is 319. The molecular weight excluding hydrogens is 190 g/mol. The summed E-state index contributed by atoms with van der Waals surface area (Å²) in [5.41, 5.74) is -0.0631. The molecule has 0 spiro atoms. The van der Waals surface area contributed by atoms with Crippen molar-refractivity contribution in [2.45, 2.75) is 12.3 Å². The minimum absolute atomic E-state index is 0. The van der Waals surface area contributed by atoms with E-state index in [0.29, 0.717) is 5.92 Å². The van der Waals surface area contributed by atoms with Crippen LogP contribution in [0.4, 0.5) is 0 Å². The first-order valence-corrected chi connectivity index (χ1v) is 4.12. The summed E-state index contributed by atoms with van der Waals surface area (Å²) in [6.45, 7) is 1.94. The van der Waals surface area contributed by atoms with Crippen molar-refractivity contribution in [1.29, 1.82) is 0 Å². The van der Waals surface area contributed by atoms with Crippen molar-refractivity contribution < 1.29 is 0 Å². The molecule has 1 atom stereocenters. The van der Waals surface area contributed by atoms with Crippen molar-refractivity contribution >= 4 is 12.4 Å². The van der Waals surface area contributed by atoms with Crippen molar-refractivity contribution in [1.82, 2.24) is 15.3 Å². The molecule has 1 fully saturated rings. The van der Waals surface area contributed by atoms with Gasteiger partial charge in [-0.25, -0.2) is 4.98 Å². The van der Waals surface area contributed by atoms with Gasteiger partial charge in [0.25, 0.3) is 5.56 Å². The zero-order valence-electron chi connectivity index (χ0n) is 7.12. The predicted octanol–water partition coefficient (Wildman–Crippen LogP) is 0.269. The molecule has 4 nitrogen and oxygen atoms in total. The quantitative estimate of drug-likeness (QED) is 0.686. The van der Waals surface area contributed by atoms with Crippen LogP contribution in [0.3, 0.4) is 0 Å². The van der Waals surface area contributed by atoms with Crippen LogP contribution in [0.5, 0.6) is 0 Å². The van der Waals surface area contributed by atoms with Gasteiger partial charge in [0.05, 0.1) is 0 Å². The third kappa shape index (κ3) is 2.29. The molecule has 1 aliphatic heterocycles. The van der Waals surface area contributed by atoms with E-state index in [9.17, 15) is 4.79 Å². The maximum atomic E-state index is 10.9. The third-order valence-electron chi connectivity index (χ3n) is 2.14. The van der Waals surface area contributed by atoms with Gasteiger partial charge in [-0.3, -0.25) is 4.79 Å². The minimum atomic E-state index is -0.0631. The highest BCUT2D eigenvalue weighted by Gasteiger charge is 2.17. The number of aromatic nitrogens is 2. The molecule has 72 valence electrons. The molecule has 0 aliphatic carbocycles. The fourth-order valence-electron chi connectivity index (χ4n) is 1.48. The van der Waals surface area contributed by atoms with Crippen molar-refractivity contribution in [3.8, 4) is 0 Å². The van der Waals surface area contributed by atoms with Gasteiger partial charge in [-0.2, -0.15) is 0 Å². The zero-order valence-corrected chi connectivity index (χ0v) is 7.93. The lowest BCUT2D eigenvalue weighted by Crippen LogP contribution is -2.14. The second-order valence-corrected chi connectivity index (χ2v) is 3.01. The van der Waals surface area contributed by atoms with E-state index in [2.05, 4.69) is 15.3 Å². The van der Waals surface area contributed by atoms with E-state index in [1.807, 2.05) is 0 Å². The largest absolute Gasteiger partial charge is 0.316 e. The van der Waals surface area contributed by atoms with Gasteiger partial charge in [0.2, 0.25) is 0 Å². The van der Waals surface area contributed by atoms with Crippen LogP contribution in [0.25, 0.3) is 0 Å². The van der Waals surface area contributed by atoms with E-state index >= 15 is 0 Å². The van der Waals surface area contributed by atoms with Crippen molar-refractivity contribution in [3.63, 3.8) is 0 Å². The monoisotopic (exact) mass is 201 g/mol. The lowest BCUT2D eigenvalue weighted by Gasteiger charge is -2.04. The summed E-state index contributed by atoms with van der Waals surface area (Å²) in [6.07, 6.45) is 2.62. The Morgan fingerprint density at radius 1 is 1.54 bits per heavy atom. The maximum absolute atomic E-state index is 10.9. The Morgan fingerprint density at radius 2 is 2.38 bits per heavy atom. The maximum Gasteiger partial charge on any atom is 0.250 e. The van der Waals surface area contributed by atoms with Crippen molar-refractivity contribution in [2.75, 3.05) is 13.1 Å². The predicted molar refractivity (Wildman–Crippen MR) is 52.3 cm³/mol. The molecule has 0 saturated carbocycles. The second kappa shape index (κ2) is 4.39. The number of halogens is 1. The first-order valence-electron chi connectivity index (χ1n) is 4.12. The Kier molecular flexibility index (Phi) is 3.45. The highest BCUT2D eigenvalue weighted by atomic mass is 35.5. The summed E-state index contributed by atoms with van der Waals surface area (Å²) in [4.78, 5) is 17.8. The summed E-state index contributed by atoms with van der Waals surface area (Å²) in [7, 11) is 0. The smallest absolute Gasteiger partial charge is 0.250 e. The SMILES string of the molecule is Cl.O=c1ccnc(C2CCNC2)[nH]1. The van der Waals surface area contributed by atoms with Gasteiger partial charge < -0.3 is 10.3 Å².